The number of hydrogen-bond donors (Lipinski definition) is 1. The molecule has 3 nitrogen and oxygen atoms in total. The fraction of sp³-hybridized carbons (Fsp3) is 0.231. The van der Waals surface area contributed by atoms with Crippen molar-refractivity contribution in [3.8, 4) is 0 Å². The number of fused-ring (bicyclic) bond motifs is 1. The minimum absolute atomic E-state index is 0.363. The number of rotatable bonds is 4. The summed E-state index contributed by atoms with van der Waals surface area (Å²) in [5, 5.41) is 8.75. The fourth-order valence-corrected chi connectivity index (χ4v) is 3.49. The van der Waals surface area contributed by atoms with E-state index in [1.165, 1.54) is 4.88 Å². The van der Waals surface area contributed by atoms with Gasteiger partial charge in [-0.25, -0.2) is 9.97 Å². The molecule has 0 spiro atoms. The van der Waals surface area contributed by atoms with Crippen LogP contribution in [0.4, 0.5) is 5.82 Å². The zero-order valence-corrected chi connectivity index (χ0v) is 11.6. The predicted octanol–water partition coefficient (Wildman–Crippen LogP) is 3.80. The monoisotopic (exact) mass is 275 g/mol. The average molecular weight is 275 g/mol. The van der Waals surface area contributed by atoms with Gasteiger partial charge in [-0.2, -0.15) is 0 Å². The van der Waals surface area contributed by atoms with Gasteiger partial charge in [-0.05, 0) is 29.8 Å². The zero-order chi connectivity index (χ0) is 12.4. The first-order valence-electron chi connectivity index (χ1n) is 5.80. The summed E-state index contributed by atoms with van der Waals surface area (Å²) in [6.07, 6.45) is 2.65. The van der Waals surface area contributed by atoms with Crippen LogP contribution in [0.1, 0.15) is 11.8 Å². The van der Waals surface area contributed by atoms with Gasteiger partial charge >= 0.3 is 0 Å². The Morgan fingerprint density at radius 2 is 2.17 bits per heavy atom. The molecule has 0 aliphatic carbocycles. The number of nitrogens with zero attached hydrogens (tertiary/aromatic N) is 2. The maximum atomic E-state index is 4.34. The van der Waals surface area contributed by atoms with Crippen LogP contribution >= 0.6 is 22.7 Å². The first-order chi connectivity index (χ1) is 8.83. The van der Waals surface area contributed by atoms with E-state index in [2.05, 4.69) is 51.2 Å². The van der Waals surface area contributed by atoms with Crippen molar-refractivity contribution in [3.63, 3.8) is 0 Å². The minimum atomic E-state index is 0.363. The van der Waals surface area contributed by atoms with Gasteiger partial charge in [-0.3, -0.25) is 0 Å². The van der Waals surface area contributed by atoms with Crippen LogP contribution in [0.15, 0.2) is 35.3 Å². The number of anilines is 1. The molecule has 3 rings (SSSR count). The summed E-state index contributed by atoms with van der Waals surface area (Å²) in [5.41, 5.74) is 0. The van der Waals surface area contributed by atoms with Crippen LogP contribution in [-0.2, 0) is 6.42 Å². The first kappa shape index (κ1) is 11.6. The summed E-state index contributed by atoms with van der Waals surface area (Å²) in [5.74, 6) is 0.935. The van der Waals surface area contributed by atoms with Crippen molar-refractivity contribution in [2.45, 2.75) is 19.4 Å². The Hall–Kier alpha value is -1.46. The lowest BCUT2D eigenvalue weighted by Gasteiger charge is -2.13. The summed E-state index contributed by atoms with van der Waals surface area (Å²) in [7, 11) is 0. The zero-order valence-electron chi connectivity index (χ0n) is 9.96. The molecule has 0 fully saturated rings. The largest absolute Gasteiger partial charge is 0.367 e. The Balaban J connectivity index is 1.77. The molecule has 0 amide bonds. The van der Waals surface area contributed by atoms with Gasteiger partial charge in [0, 0.05) is 17.3 Å². The van der Waals surface area contributed by atoms with Gasteiger partial charge in [-0.1, -0.05) is 6.07 Å². The topological polar surface area (TPSA) is 37.8 Å². The Morgan fingerprint density at radius 3 is 3.00 bits per heavy atom. The number of hydrogen-bond acceptors (Lipinski definition) is 5. The van der Waals surface area contributed by atoms with Crippen molar-refractivity contribution in [1.82, 2.24) is 9.97 Å². The van der Waals surface area contributed by atoms with Gasteiger partial charge in [0.2, 0.25) is 0 Å². The average Bonchev–Trinajstić information content (AvgIpc) is 2.99. The van der Waals surface area contributed by atoms with Crippen LogP contribution < -0.4 is 5.32 Å². The minimum Gasteiger partial charge on any atom is -0.367 e. The van der Waals surface area contributed by atoms with E-state index in [1.807, 2.05) is 0 Å². The molecule has 3 aromatic rings. The van der Waals surface area contributed by atoms with E-state index in [0.717, 1.165) is 22.5 Å². The van der Waals surface area contributed by atoms with E-state index < -0.39 is 0 Å². The lowest BCUT2D eigenvalue weighted by Crippen LogP contribution is -2.18. The van der Waals surface area contributed by atoms with E-state index in [-0.39, 0.29) is 0 Å². The van der Waals surface area contributed by atoms with Crippen molar-refractivity contribution in [3.05, 3.63) is 40.2 Å². The summed E-state index contributed by atoms with van der Waals surface area (Å²) in [4.78, 5) is 11.0. The third-order valence-corrected chi connectivity index (χ3v) is 4.45. The summed E-state index contributed by atoms with van der Waals surface area (Å²) >= 11 is 3.44. The lowest BCUT2D eigenvalue weighted by atomic mass is 10.2. The molecule has 0 unspecified atom stereocenters. The van der Waals surface area contributed by atoms with Gasteiger partial charge in [0.15, 0.2) is 0 Å². The van der Waals surface area contributed by atoms with Crippen molar-refractivity contribution in [1.29, 1.82) is 0 Å². The standard InChI is InChI=1S/C13H13N3S2/c1-9(7-10-3-2-5-17-10)16-12-11-4-6-18-13(11)15-8-14-12/h2-6,8-9H,7H2,1H3,(H,14,15,16)/t9-/m0/s1. The molecule has 0 aliphatic heterocycles. The molecule has 92 valence electrons. The van der Waals surface area contributed by atoms with Crippen LogP contribution in [0.2, 0.25) is 0 Å². The second-order valence-corrected chi connectivity index (χ2v) is 6.12. The highest BCUT2D eigenvalue weighted by atomic mass is 32.1. The second-order valence-electron chi connectivity index (χ2n) is 4.19. The van der Waals surface area contributed by atoms with Crippen molar-refractivity contribution >= 4 is 38.7 Å². The number of aromatic nitrogens is 2. The van der Waals surface area contributed by atoms with Crippen LogP contribution in [0, 0.1) is 0 Å². The van der Waals surface area contributed by atoms with Gasteiger partial charge in [-0.15, -0.1) is 22.7 Å². The van der Waals surface area contributed by atoms with Crippen molar-refractivity contribution in [2.24, 2.45) is 0 Å². The fourth-order valence-electron chi connectivity index (χ4n) is 1.92. The second kappa shape index (κ2) is 5.04. The molecule has 0 aromatic carbocycles. The molecule has 0 bridgehead atoms. The maximum Gasteiger partial charge on any atom is 0.138 e. The van der Waals surface area contributed by atoms with Crippen molar-refractivity contribution in [2.75, 3.05) is 5.32 Å². The molecule has 3 heterocycles. The molecule has 18 heavy (non-hydrogen) atoms. The van der Waals surface area contributed by atoms with Gasteiger partial charge in [0.25, 0.3) is 0 Å². The number of thiophene rings is 2. The van der Waals surface area contributed by atoms with Crippen LogP contribution in [-0.4, -0.2) is 16.0 Å². The molecule has 1 atom stereocenters. The molecule has 0 saturated carbocycles. The molecule has 3 aromatic heterocycles. The van der Waals surface area contributed by atoms with Gasteiger partial charge in [0.1, 0.15) is 17.0 Å². The van der Waals surface area contributed by atoms with Crippen LogP contribution in [0.3, 0.4) is 0 Å². The smallest absolute Gasteiger partial charge is 0.138 e. The van der Waals surface area contributed by atoms with E-state index in [4.69, 9.17) is 0 Å². The lowest BCUT2D eigenvalue weighted by molar-refractivity contribution is 0.795. The Morgan fingerprint density at radius 1 is 1.22 bits per heavy atom. The third-order valence-electron chi connectivity index (χ3n) is 2.73. The Kier molecular flexibility index (Phi) is 3.25. The Labute approximate surface area is 114 Å². The molecular formula is C13H13N3S2. The Bertz CT molecular complexity index is 631. The summed E-state index contributed by atoms with van der Waals surface area (Å²) in [6.45, 7) is 2.18. The molecule has 5 heteroatoms. The molecular weight excluding hydrogens is 262 g/mol. The van der Waals surface area contributed by atoms with Crippen LogP contribution in [0.25, 0.3) is 10.2 Å². The van der Waals surface area contributed by atoms with Gasteiger partial charge < -0.3 is 5.32 Å². The summed E-state index contributed by atoms with van der Waals surface area (Å²) in [6, 6.07) is 6.69. The first-order valence-corrected chi connectivity index (χ1v) is 7.56. The SMILES string of the molecule is C[C@@H](Cc1cccs1)Nc1ncnc2sccc12. The maximum absolute atomic E-state index is 4.34. The quantitative estimate of drug-likeness (QED) is 0.787. The molecule has 1 N–H and O–H groups in total. The predicted molar refractivity (Wildman–Crippen MR) is 78.5 cm³/mol. The summed E-state index contributed by atoms with van der Waals surface area (Å²) < 4.78 is 0. The third kappa shape index (κ3) is 2.37. The van der Waals surface area contributed by atoms with E-state index in [9.17, 15) is 0 Å². The molecule has 0 aliphatic rings. The van der Waals surface area contributed by atoms with E-state index in [1.54, 1.807) is 29.0 Å². The molecule has 0 saturated heterocycles. The van der Waals surface area contributed by atoms with E-state index in [0.29, 0.717) is 6.04 Å². The van der Waals surface area contributed by atoms with Crippen molar-refractivity contribution < 1.29 is 0 Å². The molecule has 0 radical (unpaired) electrons. The highest BCUT2D eigenvalue weighted by Gasteiger charge is 2.09. The van der Waals surface area contributed by atoms with Gasteiger partial charge in [0.05, 0.1) is 5.39 Å². The highest BCUT2D eigenvalue weighted by molar-refractivity contribution is 7.16. The normalized spacial score (nSPS) is 12.7. The number of nitrogens with one attached hydrogen (secondary N) is 1. The highest BCUT2D eigenvalue weighted by Crippen LogP contribution is 2.24. The van der Waals surface area contributed by atoms with Crippen LogP contribution in [0.5, 0.6) is 0 Å². The van der Waals surface area contributed by atoms with E-state index >= 15 is 0 Å².